The molecule has 22 heavy (non-hydrogen) atoms. The molecule has 7 atom stereocenters. The molecule has 0 unspecified atom stereocenters. The van der Waals surface area contributed by atoms with Gasteiger partial charge in [-0.15, -0.1) is 0 Å². The molecule has 0 radical (unpaired) electrons. The van der Waals surface area contributed by atoms with Crippen LogP contribution in [0.5, 0.6) is 0 Å². The maximum atomic E-state index is 13.2. The molecule has 0 heterocycles. The second-order valence-corrected chi connectivity index (χ2v) is 9.14. The number of carbonyl (C=O) groups excluding carboxylic acids is 1. The fraction of sp³-hybridized carbons (Fsp3) is 0.850. The van der Waals surface area contributed by atoms with Crippen LogP contribution in [0.15, 0.2) is 12.2 Å². The van der Waals surface area contributed by atoms with Gasteiger partial charge in [-0.1, -0.05) is 26.0 Å². The van der Waals surface area contributed by atoms with Crippen LogP contribution in [0.4, 0.5) is 0 Å². The number of ketones is 1. The van der Waals surface area contributed by atoms with E-state index >= 15 is 0 Å². The summed E-state index contributed by atoms with van der Waals surface area (Å²) < 4.78 is 5.64. The highest BCUT2D eigenvalue weighted by molar-refractivity contribution is 5.90. The maximum absolute atomic E-state index is 13.2. The van der Waals surface area contributed by atoms with Crippen LogP contribution in [0.1, 0.15) is 59.3 Å². The Morgan fingerprint density at radius 1 is 1.32 bits per heavy atom. The highest BCUT2D eigenvalue weighted by atomic mass is 16.5. The molecule has 4 aliphatic carbocycles. The van der Waals surface area contributed by atoms with Crippen LogP contribution in [0, 0.1) is 34.0 Å². The first-order chi connectivity index (χ1) is 10.3. The van der Waals surface area contributed by atoms with Gasteiger partial charge in [0.15, 0.2) is 0 Å². The van der Waals surface area contributed by atoms with Gasteiger partial charge in [0.05, 0.1) is 6.10 Å². The van der Waals surface area contributed by atoms with Crippen molar-refractivity contribution in [1.82, 2.24) is 0 Å². The Bertz CT molecular complexity index is 552. The van der Waals surface area contributed by atoms with Crippen molar-refractivity contribution in [3.63, 3.8) is 0 Å². The number of methoxy groups -OCH3 is 1. The zero-order valence-corrected chi connectivity index (χ0v) is 14.6. The monoisotopic (exact) mass is 302 g/mol. The van der Waals surface area contributed by atoms with Crippen molar-refractivity contribution in [1.29, 1.82) is 0 Å². The van der Waals surface area contributed by atoms with Gasteiger partial charge >= 0.3 is 0 Å². The van der Waals surface area contributed by atoms with Crippen molar-refractivity contribution in [3.8, 4) is 0 Å². The van der Waals surface area contributed by atoms with Crippen LogP contribution < -0.4 is 0 Å². The van der Waals surface area contributed by atoms with E-state index in [4.69, 9.17) is 4.74 Å². The molecule has 0 amide bonds. The lowest BCUT2D eigenvalue weighted by Gasteiger charge is -2.46. The minimum atomic E-state index is -0.107. The van der Waals surface area contributed by atoms with Crippen molar-refractivity contribution in [2.45, 2.75) is 65.4 Å². The SMILES string of the molecule is C=C(C)[C@@H]1CC[C@@]23C[C@H]4C[C@@H](OC)C[C@H]4[C@]2(C)C(=O)C[C@@]13C. The molecular weight excluding hydrogens is 272 g/mol. The van der Waals surface area contributed by atoms with Gasteiger partial charge in [0.1, 0.15) is 5.78 Å². The number of ether oxygens (including phenoxy) is 1. The van der Waals surface area contributed by atoms with Crippen molar-refractivity contribution in [2.75, 3.05) is 7.11 Å². The van der Waals surface area contributed by atoms with E-state index < -0.39 is 0 Å². The largest absolute Gasteiger partial charge is 0.381 e. The molecule has 0 aliphatic heterocycles. The molecule has 0 N–H and O–H groups in total. The highest BCUT2D eigenvalue weighted by Crippen LogP contribution is 2.81. The van der Waals surface area contributed by atoms with E-state index in [1.54, 1.807) is 0 Å². The number of fused-ring (bicyclic) bond motifs is 2. The van der Waals surface area contributed by atoms with E-state index in [0.717, 1.165) is 12.8 Å². The third-order valence-electron chi connectivity index (χ3n) is 8.76. The Kier molecular flexibility index (Phi) is 2.89. The van der Waals surface area contributed by atoms with E-state index in [1.165, 1.54) is 31.3 Å². The number of rotatable bonds is 2. The molecule has 4 aliphatic rings. The van der Waals surface area contributed by atoms with E-state index in [2.05, 4.69) is 27.4 Å². The van der Waals surface area contributed by atoms with E-state index in [9.17, 15) is 4.79 Å². The molecule has 4 rings (SSSR count). The van der Waals surface area contributed by atoms with Crippen LogP contribution in [-0.2, 0) is 9.53 Å². The number of carbonyl (C=O) groups is 1. The molecule has 1 spiro atoms. The predicted octanol–water partition coefficient (Wildman–Crippen LogP) is 4.39. The Balaban J connectivity index is 1.80. The molecule has 0 aromatic carbocycles. The summed E-state index contributed by atoms with van der Waals surface area (Å²) in [5.41, 5.74) is 1.57. The van der Waals surface area contributed by atoms with E-state index in [0.29, 0.717) is 29.6 Å². The first-order valence-corrected chi connectivity index (χ1v) is 9.01. The van der Waals surface area contributed by atoms with Crippen LogP contribution in [0.25, 0.3) is 0 Å². The van der Waals surface area contributed by atoms with Gasteiger partial charge in [-0.2, -0.15) is 0 Å². The molecule has 122 valence electrons. The van der Waals surface area contributed by atoms with Gasteiger partial charge in [0.25, 0.3) is 0 Å². The summed E-state index contributed by atoms with van der Waals surface area (Å²) in [5, 5.41) is 0. The molecule has 4 fully saturated rings. The molecule has 0 saturated heterocycles. The van der Waals surface area contributed by atoms with Crippen LogP contribution >= 0.6 is 0 Å². The Morgan fingerprint density at radius 2 is 2.05 bits per heavy atom. The molecule has 2 nitrogen and oxygen atoms in total. The average Bonchev–Trinajstić information content (AvgIpc) is 3.08. The van der Waals surface area contributed by atoms with Gasteiger partial charge in [0, 0.05) is 18.9 Å². The molecule has 2 heteroatoms. The summed E-state index contributed by atoms with van der Waals surface area (Å²) in [6.07, 6.45) is 7.14. The lowest BCUT2D eigenvalue weighted by atomic mass is 9.56. The average molecular weight is 302 g/mol. The smallest absolute Gasteiger partial charge is 0.140 e. The van der Waals surface area contributed by atoms with Gasteiger partial charge in [-0.3, -0.25) is 4.79 Å². The van der Waals surface area contributed by atoms with Crippen molar-refractivity contribution < 1.29 is 9.53 Å². The molecule has 0 bridgehead atoms. The fourth-order valence-corrected chi connectivity index (χ4v) is 7.80. The molecule has 0 aromatic heterocycles. The zero-order valence-electron chi connectivity index (χ0n) is 14.6. The summed E-state index contributed by atoms with van der Waals surface area (Å²) in [4.78, 5) is 13.2. The summed E-state index contributed by atoms with van der Waals surface area (Å²) >= 11 is 0. The standard InChI is InChI=1S/C20H30O2/c1-12(2)15-6-7-20-10-13-8-14(22-5)9-16(13)19(20,4)17(21)11-18(15,20)3/h13-16H,1,6-11H2,2-5H3/t13-,14-,15+,16-,18+,19-,20+/m1/s1. The summed E-state index contributed by atoms with van der Waals surface area (Å²) in [7, 11) is 1.83. The minimum absolute atomic E-state index is 0.107. The summed E-state index contributed by atoms with van der Waals surface area (Å²) in [6, 6.07) is 0. The van der Waals surface area contributed by atoms with Gasteiger partial charge in [-0.05, 0) is 67.6 Å². The topological polar surface area (TPSA) is 26.3 Å². The van der Waals surface area contributed by atoms with Crippen molar-refractivity contribution >= 4 is 5.78 Å². The summed E-state index contributed by atoms with van der Waals surface area (Å²) in [5.74, 6) is 2.33. The lowest BCUT2D eigenvalue weighted by molar-refractivity contribution is -0.131. The fourth-order valence-electron chi connectivity index (χ4n) is 7.80. The maximum Gasteiger partial charge on any atom is 0.140 e. The third-order valence-corrected chi connectivity index (χ3v) is 8.76. The lowest BCUT2D eigenvalue weighted by Crippen LogP contribution is -2.44. The predicted molar refractivity (Wildman–Crippen MR) is 87.4 cm³/mol. The van der Waals surface area contributed by atoms with E-state index in [1.807, 2.05) is 7.11 Å². The normalized spacial score (nSPS) is 56.1. The second kappa shape index (κ2) is 4.26. The Labute approximate surface area is 134 Å². The minimum Gasteiger partial charge on any atom is -0.381 e. The zero-order chi connectivity index (χ0) is 15.9. The number of Topliss-reactive ketones (excluding diaryl/α,β-unsaturated/α-hetero) is 1. The van der Waals surface area contributed by atoms with Crippen LogP contribution in [0.3, 0.4) is 0 Å². The number of hydrogen-bond acceptors (Lipinski definition) is 2. The quantitative estimate of drug-likeness (QED) is 0.707. The third kappa shape index (κ3) is 1.36. The Hall–Kier alpha value is -0.630. The molecular formula is C20H30O2. The van der Waals surface area contributed by atoms with Crippen molar-refractivity contribution in [3.05, 3.63) is 12.2 Å². The first kappa shape index (κ1) is 14.9. The Morgan fingerprint density at radius 3 is 2.68 bits per heavy atom. The van der Waals surface area contributed by atoms with Gasteiger partial charge in [-0.25, -0.2) is 0 Å². The first-order valence-electron chi connectivity index (χ1n) is 9.01. The van der Waals surface area contributed by atoms with Crippen molar-refractivity contribution in [2.24, 2.45) is 34.0 Å². The number of hydrogen-bond donors (Lipinski definition) is 0. The van der Waals surface area contributed by atoms with Crippen LogP contribution in [-0.4, -0.2) is 19.0 Å². The molecule has 0 aromatic rings. The molecule has 4 saturated carbocycles. The highest BCUT2D eigenvalue weighted by Gasteiger charge is 2.78. The summed E-state index contributed by atoms with van der Waals surface area (Å²) in [6.45, 7) is 11.2. The van der Waals surface area contributed by atoms with E-state index in [-0.39, 0.29) is 16.2 Å². The van der Waals surface area contributed by atoms with Gasteiger partial charge in [0.2, 0.25) is 0 Å². The number of allylic oxidation sites excluding steroid dienone is 1. The van der Waals surface area contributed by atoms with Gasteiger partial charge < -0.3 is 4.74 Å². The van der Waals surface area contributed by atoms with Crippen LogP contribution in [0.2, 0.25) is 0 Å². The second-order valence-electron chi connectivity index (χ2n) is 9.14.